The Kier molecular flexibility index (Phi) is 3.69. The molecule has 2 nitrogen and oxygen atoms in total. The summed E-state index contributed by atoms with van der Waals surface area (Å²) in [6.07, 6.45) is 1.25. The molecular weight excluding hydrogens is 258 g/mol. The van der Waals surface area contributed by atoms with Crippen molar-refractivity contribution < 1.29 is 4.79 Å². The summed E-state index contributed by atoms with van der Waals surface area (Å²) in [6.45, 7) is 0. The Bertz CT molecular complexity index is 770. The maximum Gasteiger partial charge on any atom is 0.163 e. The van der Waals surface area contributed by atoms with Gasteiger partial charge < -0.3 is 5.73 Å². The molecule has 0 bridgehead atoms. The minimum Gasteiger partial charge on any atom is -0.399 e. The predicted octanol–water partition coefficient (Wildman–Crippen LogP) is 4.24. The second-order valence-corrected chi connectivity index (χ2v) is 5.19. The van der Waals surface area contributed by atoms with Gasteiger partial charge in [-0.3, -0.25) is 4.79 Å². The zero-order chi connectivity index (χ0) is 14.7. The molecule has 0 aliphatic carbocycles. The number of fused-ring (bicyclic) bond motifs is 1. The third kappa shape index (κ3) is 2.95. The Hall–Kier alpha value is -2.61. The lowest BCUT2D eigenvalue weighted by Gasteiger charge is -2.06. The number of anilines is 1. The molecule has 0 spiro atoms. The highest BCUT2D eigenvalue weighted by molar-refractivity contribution is 6.08. The van der Waals surface area contributed by atoms with E-state index in [0.717, 1.165) is 34.0 Å². The van der Waals surface area contributed by atoms with E-state index in [9.17, 15) is 4.79 Å². The normalized spacial score (nSPS) is 10.7. The topological polar surface area (TPSA) is 43.1 Å². The van der Waals surface area contributed by atoms with Gasteiger partial charge in [-0.25, -0.2) is 0 Å². The number of nitrogen functional groups attached to an aromatic ring is 1. The van der Waals surface area contributed by atoms with Crippen LogP contribution < -0.4 is 5.73 Å². The number of carbonyl (C=O) groups excluding carboxylic acids is 1. The molecule has 0 aliphatic heterocycles. The molecule has 104 valence electrons. The lowest BCUT2D eigenvalue weighted by molar-refractivity contribution is 0.0984. The summed E-state index contributed by atoms with van der Waals surface area (Å²) < 4.78 is 0. The van der Waals surface area contributed by atoms with Crippen LogP contribution in [0.2, 0.25) is 0 Å². The minimum absolute atomic E-state index is 0.184. The Balaban J connectivity index is 1.79. The summed E-state index contributed by atoms with van der Waals surface area (Å²) in [5.41, 5.74) is 8.36. The van der Waals surface area contributed by atoms with Crippen molar-refractivity contribution in [2.75, 3.05) is 5.73 Å². The molecule has 0 atom stereocenters. The first-order chi connectivity index (χ1) is 10.2. The summed E-state index contributed by atoms with van der Waals surface area (Å²) in [4.78, 5) is 12.5. The van der Waals surface area contributed by atoms with E-state index in [0.29, 0.717) is 6.42 Å². The van der Waals surface area contributed by atoms with Crippen LogP contribution in [-0.4, -0.2) is 5.78 Å². The first-order valence-electron chi connectivity index (χ1n) is 7.09. The molecule has 0 radical (unpaired) electrons. The monoisotopic (exact) mass is 275 g/mol. The smallest absolute Gasteiger partial charge is 0.163 e. The Labute approximate surface area is 124 Å². The van der Waals surface area contributed by atoms with Gasteiger partial charge in [0.05, 0.1) is 0 Å². The van der Waals surface area contributed by atoms with E-state index in [2.05, 4.69) is 0 Å². The van der Waals surface area contributed by atoms with Crippen molar-refractivity contribution in [2.45, 2.75) is 12.8 Å². The molecule has 0 fully saturated rings. The summed E-state index contributed by atoms with van der Waals surface area (Å²) in [5, 5.41) is 2.14. The summed E-state index contributed by atoms with van der Waals surface area (Å²) in [5.74, 6) is 0.184. The van der Waals surface area contributed by atoms with Crippen molar-refractivity contribution in [3.63, 3.8) is 0 Å². The molecule has 21 heavy (non-hydrogen) atoms. The Morgan fingerprint density at radius 1 is 0.857 bits per heavy atom. The fourth-order valence-corrected chi connectivity index (χ4v) is 2.55. The number of Topliss-reactive ketones (excluding diaryl/α,β-unsaturated/α-hetero) is 1. The summed E-state index contributed by atoms with van der Waals surface area (Å²) in [7, 11) is 0. The largest absolute Gasteiger partial charge is 0.399 e. The van der Waals surface area contributed by atoms with E-state index in [-0.39, 0.29) is 5.78 Å². The van der Waals surface area contributed by atoms with Gasteiger partial charge in [-0.2, -0.15) is 0 Å². The summed E-state index contributed by atoms with van der Waals surface area (Å²) >= 11 is 0. The number of aryl methyl sites for hydroxylation is 1. The van der Waals surface area contributed by atoms with Crippen LogP contribution in [0.3, 0.4) is 0 Å². The van der Waals surface area contributed by atoms with Crippen molar-refractivity contribution in [1.29, 1.82) is 0 Å². The highest BCUT2D eigenvalue weighted by Gasteiger charge is 2.09. The average Bonchev–Trinajstić information content (AvgIpc) is 2.53. The number of ketones is 1. The molecule has 2 N–H and O–H groups in total. The van der Waals surface area contributed by atoms with E-state index in [1.807, 2.05) is 66.7 Å². The van der Waals surface area contributed by atoms with E-state index < -0.39 is 0 Å². The van der Waals surface area contributed by atoms with Crippen LogP contribution in [0.4, 0.5) is 5.69 Å². The third-order valence-electron chi connectivity index (χ3n) is 3.71. The number of benzene rings is 3. The molecule has 0 heterocycles. The average molecular weight is 275 g/mol. The number of rotatable bonds is 4. The van der Waals surface area contributed by atoms with Gasteiger partial charge in [-0.05, 0) is 34.9 Å². The van der Waals surface area contributed by atoms with Gasteiger partial charge in [0.25, 0.3) is 0 Å². The van der Waals surface area contributed by atoms with E-state index in [1.54, 1.807) is 0 Å². The highest BCUT2D eigenvalue weighted by Crippen LogP contribution is 2.20. The highest BCUT2D eigenvalue weighted by atomic mass is 16.1. The number of hydrogen-bond donors (Lipinski definition) is 1. The number of hydrogen-bond acceptors (Lipinski definition) is 2. The van der Waals surface area contributed by atoms with Crippen LogP contribution in [-0.2, 0) is 6.42 Å². The number of nitrogens with two attached hydrogens (primary N) is 1. The summed E-state index contributed by atoms with van der Waals surface area (Å²) in [6, 6.07) is 21.6. The molecule has 0 aliphatic rings. The van der Waals surface area contributed by atoms with Crippen LogP contribution >= 0.6 is 0 Å². The molecule has 0 aromatic heterocycles. The van der Waals surface area contributed by atoms with E-state index in [4.69, 9.17) is 5.73 Å². The zero-order valence-electron chi connectivity index (χ0n) is 11.8. The molecule has 0 amide bonds. The van der Waals surface area contributed by atoms with Crippen molar-refractivity contribution >= 4 is 22.2 Å². The van der Waals surface area contributed by atoms with Crippen molar-refractivity contribution in [3.05, 3.63) is 77.9 Å². The maximum atomic E-state index is 12.5. The predicted molar refractivity (Wildman–Crippen MR) is 87.5 cm³/mol. The minimum atomic E-state index is 0.184. The van der Waals surface area contributed by atoms with E-state index >= 15 is 0 Å². The van der Waals surface area contributed by atoms with Crippen molar-refractivity contribution in [3.8, 4) is 0 Å². The SMILES string of the molecule is Nc1ccc(CCC(=O)c2cccc3ccccc23)cc1. The van der Waals surface area contributed by atoms with E-state index in [1.165, 1.54) is 0 Å². The quantitative estimate of drug-likeness (QED) is 0.571. The van der Waals surface area contributed by atoms with Gasteiger partial charge in [0.15, 0.2) is 5.78 Å². The van der Waals surface area contributed by atoms with Crippen LogP contribution in [0.1, 0.15) is 22.3 Å². The standard InChI is InChI=1S/C19H17NO/c20-16-11-8-14(9-12-16)10-13-19(21)18-7-3-5-15-4-1-2-6-17(15)18/h1-9,11-12H,10,13,20H2. The van der Waals surface area contributed by atoms with Crippen LogP contribution in [0.5, 0.6) is 0 Å². The van der Waals surface area contributed by atoms with Crippen LogP contribution in [0, 0.1) is 0 Å². The van der Waals surface area contributed by atoms with Crippen LogP contribution in [0.15, 0.2) is 66.7 Å². The van der Waals surface area contributed by atoms with Crippen molar-refractivity contribution in [1.82, 2.24) is 0 Å². The Morgan fingerprint density at radius 3 is 2.38 bits per heavy atom. The van der Waals surface area contributed by atoms with Crippen LogP contribution in [0.25, 0.3) is 10.8 Å². The first kappa shape index (κ1) is 13.4. The Morgan fingerprint density at radius 2 is 1.57 bits per heavy atom. The van der Waals surface area contributed by atoms with Gasteiger partial charge in [0.2, 0.25) is 0 Å². The molecule has 0 saturated carbocycles. The molecular formula is C19H17NO. The zero-order valence-corrected chi connectivity index (χ0v) is 11.8. The lowest BCUT2D eigenvalue weighted by atomic mass is 9.97. The van der Waals surface area contributed by atoms with Gasteiger partial charge in [-0.1, -0.05) is 54.6 Å². The van der Waals surface area contributed by atoms with Gasteiger partial charge in [-0.15, -0.1) is 0 Å². The molecule has 2 heteroatoms. The number of carbonyl (C=O) groups is 1. The van der Waals surface area contributed by atoms with Gasteiger partial charge in [0, 0.05) is 17.7 Å². The second kappa shape index (κ2) is 5.80. The molecule has 3 aromatic carbocycles. The third-order valence-corrected chi connectivity index (χ3v) is 3.71. The maximum absolute atomic E-state index is 12.5. The fraction of sp³-hybridized carbons (Fsp3) is 0.105. The van der Waals surface area contributed by atoms with Gasteiger partial charge in [0.1, 0.15) is 0 Å². The second-order valence-electron chi connectivity index (χ2n) is 5.19. The fourth-order valence-electron chi connectivity index (χ4n) is 2.55. The van der Waals surface area contributed by atoms with Gasteiger partial charge >= 0.3 is 0 Å². The lowest BCUT2D eigenvalue weighted by Crippen LogP contribution is -2.02. The molecule has 0 unspecified atom stereocenters. The molecule has 3 rings (SSSR count). The first-order valence-corrected chi connectivity index (χ1v) is 7.09. The van der Waals surface area contributed by atoms with Crippen molar-refractivity contribution in [2.24, 2.45) is 0 Å². The molecule has 0 saturated heterocycles. The molecule has 3 aromatic rings.